The number of rotatable bonds is 4. The molecule has 4 nitrogen and oxygen atoms in total. The smallest absolute Gasteiger partial charge is 0.224 e. The molecule has 22 heavy (non-hydrogen) atoms. The van der Waals surface area contributed by atoms with Crippen LogP contribution in [-0.4, -0.2) is 33.7 Å². The van der Waals surface area contributed by atoms with Crippen molar-refractivity contribution in [3.63, 3.8) is 0 Å². The fourth-order valence-electron chi connectivity index (χ4n) is 3.12. The molecule has 2 aliphatic rings. The van der Waals surface area contributed by atoms with Crippen LogP contribution in [-0.2, 0) is 4.79 Å². The van der Waals surface area contributed by atoms with E-state index in [1.807, 2.05) is 24.3 Å². The maximum Gasteiger partial charge on any atom is 0.224 e. The van der Waals surface area contributed by atoms with Gasteiger partial charge in [-0.3, -0.25) is 14.6 Å². The van der Waals surface area contributed by atoms with Crippen LogP contribution in [0.5, 0.6) is 0 Å². The lowest BCUT2D eigenvalue weighted by molar-refractivity contribution is -0.130. The number of hydrogen-bond acceptors (Lipinski definition) is 3. The third-order valence-electron chi connectivity index (χ3n) is 4.37. The minimum Gasteiger partial charge on any atom is -0.329 e. The molecule has 1 amide bonds. The number of Topliss-reactive ketones (excluding diaryl/α,β-unsaturated/α-hetero) is 1. The van der Waals surface area contributed by atoms with Crippen LogP contribution in [0.4, 0.5) is 0 Å². The van der Waals surface area contributed by atoms with Crippen molar-refractivity contribution < 1.29 is 9.59 Å². The number of hydrogen-bond donors (Lipinski definition) is 0. The molecule has 0 radical (unpaired) electrons. The average molecular weight is 294 g/mol. The molecule has 3 rings (SSSR count). The first kappa shape index (κ1) is 14.4. The highest BCUT2D eigenvalue weighted by atomic mass is 16.2. The number of pyridine rings is 1. The minimum atomic E-state index is -0.504. The molecule has 1 aliphatic carbocycles. The van der Waals surface area contributed by atoms with Gasteiger partial charge in [0.25, 0.3) is 0 Å². The second-order valence-corrected chi connectivity index (χ2v) is 5.70. The number of amides is 1. The van der Waals surface area contributed by atoms with E-state index in [-0.39, 0.29) is 24.0 Å². The molecule has 1 aromatic heterocycles. The fourth-order valence-corrected chi connectivity index (χ4v) is 3.12. The van der Waals surface area contributed by atoms with Crippen molar-refractivity contribution in [1.29, 1.82) is 0 Å². The van der Waals surface area contributed by atoms with E-state index in [4.69, 9.17) is 0 Å². The Morgan fingerprint density at radius 2 is 2.32 bits per heavy atom. The monoisotopic (exact) mass is 294 g/mol. The molecule has 1 saturated heterocycles. The fraction of sp³-hybridized carbons (Fsp3) is 0.278. The standard InChI is InChI=1S/C18H18N2O2/c1-2-18(8-4-3-5-9-18)20-13-15(11-16(20)21)17(22)14-7-6-10-19-12-14/h2-8,10,12,15H,1,9,11,13H2/t15-,18-/m1/s1. The third kappa shape index (κ3) is 2.41. The second kappa shape index (κ2) is 5.72. The quantitative estimate of drug-likeness (QED) is 0.633. The first-order valence-electron chi connectivity index (χ1n) is 7.39. The van der Waals surface area contributed by atoms with E-state index in [1.165, 1.54) is 0 Å². The van der Waals surface area contributed by atoms with Crippen molar-refractivity contribution in [2.45, 2.75) is 18.4 Å². The highest BCUT2D eigenvalue weighted by molar-refractivity contribution is 6.01. The summed E-state index contributed by atoms with van der Waals surface area (Å²) in [5.74, 6) is -0.326. The van der Waals surface area contributed by atoms with Crippen LogP contribution in [0, 0.1) is 5.92 Å². The van der Waals surface area contributed by atoms with E-state index in [2.05, 4.69) is 11.6 Å². The summed E-state index contributed by atoms with van der Waals surface area (Å²) in [6, 6.07) is 3.48. The summed E-state index contributed by atoms with van der Waals surface area (Å²) in [5.41, 5.74) is 0.0596. The molecule has 4 heteroatoms. The summed E-state index contributed by atoms with van der Waals surface area (Å²) >= 11 is 0. The molecule has 0 bridgehead atoms. The molecule has 0 saturated carbocycles. The summed E-state index contributed by atoms with van der Waals surface area (Å²) < 4.78 is 0. The van der Waals surface area contributed by atoms with Gasteiger partial charge in [-0.25, -0.2) is 0 Å². The number of carbonyl (C=O) groups excluding carboxylic acids is 2. The van der Waals surface area contributed by atoms with Gasteiger partial charge < -0.3 is 4.90 Å². The Kier molecular flexibility index (Phi) is 3.75. The predicted octanol–water partition coefficient (Wildman–Crippen LogP) is 2.55. The van der Waals surface area contributed by atoms with Crippen LogP contribution < -0.4 is 0 Å². The number of likely N-dealkylation sites (tertiary alicyclic amines) is 1. The number of nitrogens with zero attached hydrogens (tertiary/aromatic N) is 2. The molecule has 2 atom stereocenters. The Bertz CT molecular complexity index is 663. The van der Waals surface area contributed by atoms with Crippen LogP contribution >= 0.6 is 0 Å². The van der Waals surface area contributed by atoms with Crippen molar-refractivity contribution in [3.05, 3.63) is 67.0 Å². The van der Waals surface area contributed by atoms with Crippen molar-refractivity contribution >= 4 is 11.7 Å². The normalized spacial score (nSPS) is 27.2. The topological polar surface area (TPSA) is 50.3 Å². The Morgan fingerprint density at radius 3 is 2.95 bits per heavy atom. The highest BCUT2D eigenvalue weighted by Crippen LogP contribution is 2.34. The summed E-state index contributed by atoms with van der Waals surface area (Å²) in [5, 5.41) is 0. The summed E-state index contributed by atoms with van der Waals surface area (Å²) in [6.07, 6.45) is 13.8. The molecule has 0 spiro atoms. The molecule has 0 unspecified atom stereocenters. The van der Waals surface area contributed by atoms with Crippen LogP contribution in [0.15, 0.2) is 61.5 Å². The Hall–Kier alpha value is -2.49. The lowest BCUT2D eigenvalue weighted by Crippen LogP contribution is -2.47. The molecule has 1 aliphatic heterocycles. The lowest BCUT2D eigenvalue weighted by atomic mass is 9.89. The van der Waals surface area contributed by atoms with Gasteiger partial charge in [-0.15, -0.1) is 6.58 Å². The lowest BCUT2D eigenvalue weighted by Gasteiger charge is -2.37. The van der Waals surface area contributed by atoms with E-state index in [1.54, 1.807) is 35.5 Å². The SMILES string of the molecule is C=C[C@@]1(N2C[C@H](C(=O)c3cccnc3)CC2=O)C=CC=CC1. The van der Waals surface area contributed by atoms with Crippen molar-refractivity contribution in [2.24, 2.45) is 5.92 Å². The van der Waals surface area contributed by atoms with Crippen LogP contribution in [0.25, 0.3) is 0 Å². The van der Waals surface area contributed by atoms with Gasteiger partial charge in [-0.1, -0.05) is 30.4 Å². The number of allylic oxidation sites excluding steroid dienone is 2. The van der Waals surface area contributed by atoms with Gasteiger partial charge in [0.05, 0.1) is 5.54 Å². The zero-order chi connectivity index (χ0) is 15.6. The van der Waals surface area contributed by atoms with Gasteiger partial charge in [0, 0.05) is 36.8 Å². The average Bonchev–Trinajstić information content (AvgIpc) is 2.98. The predicted molar refractivity (Wildman–Crippen MR) is 84.2 cm³/mol. The van der Waals surface area contributed by atoms with Gasteiger partial charge in [-0.05, 0) is 18.6 Å². The molecule has 0 aromatic carbocycles. The summed E-state index contributed by atoms with van der Waals surface area (Å²) in [7, 11) is 0. The van der Waals surface area contributed by atoms with Crippen LogP contribution in [0.3, 0.4) is 0 Å². The van der Waals surface area contributed by atoms with Gasteiger partial charge in [0.2, 0.25) is 5.91 Å². The Labute approximate surface area is 129 Å². The maximum absolute atomic E-state index is 12.5. The summed E-state index contributed by atoms with van der Waals surface area (Å²) in [4.78, 5) is 30.7. The molecule has 2 heterocycles. The van der Waals surface area contributed by atoms with Gasteiger partial charge in [-0.2, -0.15) is 0 Å². The Morgan fingerprint density at radius 1 is 1.45 bits per heavy atom. The van der Waals surface area contributed by atoms with Crippen molar-refractivity contribution in [3.8, 4) is 0 Å². The summed E-state index contributed by atoms with van der Waals surface area (Å²) in [6.45, 7) is 4.32. The van der Waals surface area contributed by atoms with Gasteiger partial charge >= 0.3 is 0 Å². The highest BCUT2D eigenvalue weighted by Gasteiger charge is 2.43. The van der Waals surface area contributed by atoms with E-state index >= 15 is 0 Å². The van der Waals surface area contributed by atoms with Gasteiger partial charge in [0.1, 0.15) is 0 Å². The van der Waals surface area contributed by atoms with Crippen LogP contribution in [0.2, 0.25) is 0 Å². The van der Waals surface area contributed by atoms with Crippen molar-refractivity contribution in [2.75, 3.05) is 6.54 Å². The van der Waals surface area contributed by atoms with E-state index in [9.17, 15) is 9.59 Å². The zero-order valence-corrected chi connectivity index (χ0v) is 12.3. The molecular weight excluding hydrogens is 276 g/mol. The third-order valence-corrected chi connectivity index (χ3v) is 4.37. The number of carbonyl (C=O) groups is 2. The minimum absolute atomic E-state index is 0.00194. The Balaban J connectivity index is 1.82. The maximum atomic E-state index is 12.5. The van der Waals surface area contributed by atoms with Gasteiger partial charge in [0.15, 0.2) is 5.78 Å². The molecular formula is C18H18N2O2. The van der Waals surface area contributed by atoms with Crippen molar-refractivity contribution in [1.82, 2.24) is 9.88 Å². The molecule has 1 fully saturated rings. The van der Waals surface area contributed by atoms with E-state index < -0.39 is 5.54 Å². The number of aromatic nitrogens is 1. The number of ketones is 1. The molecule has 0 N–H and O–H groups in total. The first-order valence-corrected chi connectivity index (χ1v) is 7.39. The van der Waals surface area contributed by atoms with Crippen LogP contribution in [0.1, 0.15) is 23.2 Å². The second-order valence-electron chi connectivity index (χ2n) is 5.70. The largest absolute Gasteiger partial charge is 0.329 e. The first-order chi connectivity index (χ1) is 10.7. The zero-order valence-electron chi connectivity index (χ0n) is 12.3. The molecule has 112 valence electrons. The van der Waals surface area contributed by atoms with E-state index in [0.29, 0.717) is 18.5 Å². The molecule has 1 aromatic rings. The van der Waals surface area contributed by atoms with E-state index in [0.717, 1.165) is 0 Å².